The number of hydrogen-bond acceptors (Lipinski definition) is 4. The van der Waals surface area contributed by atoms with Crippen molar-refractivity contribution >= 4 is 11.9 Å². The minimum atomic E-state index is -0.0157. The highest BCUT2D eigenvalue weighted by molar-refractivity contribution is 5.83. The number of nitrogens with zero attached hydrogens (tertiary/aromatic N) is 3. The van der Waals surface area contributed by atoms with E-state index >= 15 is 0 Å². The molecule has 0 aliphatic heterocycles. The van der Waals surface area contributed by atoms with Gasteiger partial charge in [-0.15, -0.1) is 5.10 Å². The van der Waals surface area contributed by atoms with Gasteiger partial charge in [-0.3, -0.25) is 4.79 Å². The molecular weight excluding hydrogens is 264 g/mol. The number of nitrogens with two attached hydrogens (primary N) is 1. The number of carbonyl (C=O) groups excluding carboxylic acids is 1. The molecule has 1 aliphatic carbocycles. The summed E-state index contributed by atoms with van der Waals surface area (Å²) in [6.07, 6.45) is 5.28. The molecule has 0 bridgehead atoms. The van der Waals surface area contributed by atoms with Crippen LogP contribution in [0.25, 0.3) is 11.4 Å². The first-order valence-electron chi connectivity index (χ1n) is 7.49. The second-order valence-corrected chi connectivity index (χ2v) is 5.74. The molecule has 3 rings (SSSR count). The third-order valence-electron chi connectivity index (χ3n) is 4.11. The first-order valence-corrected chi connectivity index (χ1v) is 7.49. The van der Waals surface area contributed by atoms with E-state index in [-0.39, 0.29) is 17.8 Å². The van der Waals surface area contributed by atoms with E-state index in [1.165, 1.54) is 16.7 Å². The van der Waals surface area contributed by atoms with Crippen molar-refractivity contribution < 1.29 is 4.79 Å². The van der Waals surface area contributed by atoms with E-state index in [0.717, 1.165) is 31.2 Å². The molecule has 0 spiro atoms. The van der Waals surface area contributed by atoms with E-state index in [2.05, 4.69) is 10.1 Å². The first kappa shape index (κ1) is 13.8. The normalized spacial score (nSPS) is 16.0. The minimum absolute atomic E-state index is 0.0157. The fourth-order valence-electron chi connectivity index (χ4n) is 2.83. The lowest BCUT2D eigenvalue weighted by atomic mass is 9.89. The molecule has 2 N–H and O–H groups in total. The molecule has 0 amide bonds. The monoisotopic (exact) mass is 284 g/mol. The Hall–Kier alpha value is -2.17. The van der Waals surface area contributed by atoms with Crippen LogP contribution in [0.2, 0.25) is 0 Å². The second kappa shape index (κ2) is 5.68. The Morgan fingerprint density at radius 3 is 2.52 bits per heavy atom. The Morgan fingerprint density at radius 1 is 1.19 bits per heavy atom. The molecule has 5 nitrogen and oxygen atoms in total. The average Bonchev–Trinajstić information content (AvgIpc) is 2.90. The Balaban J connectivity index is 1.87. The molecule has 0 unspecified atom stereocenters. The van der Waals surface area contributed by atoms with Crippen molar-refractivity contribution in [1.29, 1.82) is 0 Å². The van der Waals surface area contributed by atoms with E-state index in [0.29, 0.717) is 5.82 Å². The van der Waals surface area contributed by atoms with Crippen LogP contribution in [0.15, 0.2) is 24.3 Å². The molecule has 1 aromatic heterocycles. The van der Waals surface area contributed by atoms with Crippen molar-refractivity contribution in [3.63, 3.8) is 0 Å². The van der Waals surface area contributed by atoms with Crippen LogP contribution in [0, 0.1) is 12.8 Å². The lowest BCUT2D eigenvalue weighted by Crippen LogP contribution is -2.26. The molecule has 0 radical (unpaired) electrons. The zero-order valence-electron chi connectivity index (χ0n) is 12.2. The van der Waals surface area contributed by atoms with E-state index in [9.17, 15) is 4.79 Å². The smallest absolute Gasteiger partial charge is 0.253 e. The lowest BCUT2D eigenvalue weighted by Gasteiger charge is -2.19. The van der Waals surface area contributed by atoms with Crippen LogP contribution in [-0.2, 0) is 0 Å². The number of anilines is 1. The van der Waals surface area contributed by atoms with Crippen molar-refractivity contribution in [1.82, 2.24) is 14.8 Å². The number of rotatable bonds is 2. The van der Waals surface area contributed by atoms with Crippen LogP contribution in [0.3, 0.4) is 0 Å². The minimum Gasteiger partial charge on any atom is -0.368 e. The molecular formula is C16H20N4O. The maximum absolute atomic E-state index is 12.5. The number of benzene rings is 1. The van der Waals surface area contributed by atoms with Crippen molar-refractivity contribution in [2.75, 3.05) is 5.73 Å². The summed E-state index contributed by atoms with van der Waals surface area (Å²) < 4.78 is 1.28. The fourth-order valence-corrected chi connectivity index (χ4v) is 2.83. The van der Waals surface area contributed by atoms with Gasteiger partial charge in [0.1, 0.15) is 0 Å². The molecule has 5 heteroatoms. The van der Waals surface area contributed by atoms with Crippen LogP contribution < -0.4 is 5.73 Å². The SMILES string of the molecule is Cc1ccc(-c2nc(N)n(C(=O)C3CCCCC3)n2)cc1. The van der Waals surface area contributed by atoms with Crippen molar-refractivity contribution in [3.05, 3.63) is 29.8 Å². The van der Waals surface area contributed by atoms with Gasteiger partial charge in [0.05, 0.1) is 0 Å². The van der Waals surface area contributed by atoms with Gasteiger partial charge in [-0.25, -0.2) is 0 Å². The van der Waals surface area contributed by atoms with Crippen LogP contribution in [-0.4, -0.2) is 20.7 Å². The van der Waals surface area contributed by atoms with E-state index in [4.69, 9.17) is 5.73 Å². The molecule has 1 fully saturated rings. The summed E-state index contributed by atoms with van der Waals surface area (Å²) in [6.45, 7) is 2.02. The first-order chi connectivity index (χ1) is 10.1. The van der Waals surface area contributed by atoms with Gasteiger partial charge in [0.2, 0.25) is 5.95 Å². The molecule has 21 heavy (non-hydrogen) atoms. The summed E-state index contributed by atoms with van der Waals surface area (Å²) in [6, 6.07) is 7.88. The van der Waals surface area contributed by atoms with Gasteiger partial charge in [-0.05, 0) is 19.8 Å². The summed E-state index contributed by atoms with van der Waals surface area (Å²) >= 11 is 0. The molecule has 0 saturated heterocycles. The summed E-state index contributed by atoms with van der Waals surface area (Å²) in [5, 5.41) is 4.32. The number of carbonyl (C=O) groups is 1. The standard InChI is InChI=1S/C16H20N4O/c1-11-7-9-12(10-8-11)14-18-16(17)20(19-14)15(21)13-5-3-2-4-6-13/h7-10,13H,2-6H2,1H3,(H2,17,18,19). The summed E-state index contributed by atoms with van der Waals surface area (Å²) in [4.78, 5) is 16.7. The van der Waals surface area contributed by atoms with Crippen molar-refractivity contribution in [2.24, 2.45) is 5.92 Å². The number of hydrogen-bond donors (Lipinski definition) is 1. The average molecular weight is 284 g/mol. The van der Waals surface area contributed by atoms with Crippen molar-refractivity contribution in [3.8, 4) is 11.4 Å². The molecule has 1 heterocycles. The Kier molecular flexibility index (Phi) is 3.73. The molecule has 1 aliphatic rings. The summed E-state index contributed by atoms with van der Waals surface area (Å²) in [5.41, 5.74) is 7.93. The fraction of sp³-hybridized carbons (Fsp3) is 0.438. The Labute approximate surface area is 124 Å². The number of aryl methyl sites for hydroxylation is 1. The summed E-state index contributed by atoms with van der Waals surface area (Å²) in [5.74, 6) is 0.712. The Bertz CT molecular complexity index is 639. The molecule has 1 aromatic carbocycles. The Morgan fingerprint density at radius 2 is 1.86 bits per heavy atom. The van der Waals surface area contributed by atoms with Gasteiger partial charge in [0.15, 0.2) is 5.82 Å². The number of nitrogen functional groups attached to an aromatic ring is 1. The van der Waals surface area contributed by atoms with Crippen LogP contribution >= 0.6 is 0 Å². The lowest BCUT2D eigenvalue weighted by molar-refractivity contribution is 0.0788. The van der Waals surface area contributed by atoms with Crippen LogP contribution in [0.4, 0.5) is 5.95 Å². The zero-order chi connectivity index (χ0) is 14.8. The third-order valence-corrected chi connectivity index (χ3v) is 4.11. The number of aromatic nitrogens is 3. The highest BCUT2D eigenvalue weighted by Gasteiger charge is 2.25. The van der Waals surface area contributed by atoms with Gasteiger partial charge < -0.3 is 5.73 Å². The molecule has 0 atom stereocenters. The van der Waals surface area contributed by atoms with E-state index < -0.39 is 0 Å². The topological polar surface area (TPSA) is 73.8 Å². The van der Waals surface area contributed by atoms with Gasteiger partial charge >= 0.3 is 0 Å². The quantitative estimate of drug-likeness (QED) is 0.919. The van der Waals surface area contributed by atoms with Crippen LogP contribution in [0.5, 0.6) is 0 Å². The van der Waals surface area contributed by atoms with E-state index in [1.54, 1.807) is 0 Å². The maximum Gasteiger partial charge on any atom is 0.253 e. The van der Waals surface area contributed by atoms with Gasteiger partial charge in [0.25, 0.3) is 5.91 Å². The van der Waals surface area contributed by atoms with Crippen LogP contribution in [0.1, 0.15) is 42.5 Å². The van der Waals surface area contributed by atoms with Gasteiger partial charge in [0, 0.05) is 11.5 Å². The predicted octanol–water partition coefficient (Wildman–Crippen LogP) is 3.06. The van der Waals surface area contributed by atoms with Gasteiger partial charge in [-0.1, -0.05) is 49.1 Å². The van der Waals surface area contributed by atoms with Gasteiger partial charge in [-0.2, -0.15) is 9.67 Å². The highest BCUT2D eigenvalue weighted by Crippen LogP contribution is 2.26. The van der Waals surface area contributed by atoms with Crippen molar-refractivity contribution in [2.45, 2.75) is 39.0 Å². The maximum atomic E-state index is 12.5. The zero-order valence-corrected chi connectivity index (χ0v) is 12.2. The molecule has 2 aromatic rings. The highest BCUT2D eigenvalue weighted by atomic mass is 16.2. The predicted molar refractivity (Wildman–Crippen MR) is 81.8 cm³/mol. The van der Waals surface area contributed by atoms with E-state index in [1.807, 2.05) is 31.2 Å². The largest absolute Gasteiger partial charge is 0.368 e. The second-order valence-electron chi connectivity index (χ2n) is 5.74. The summed E-state index contributed by atoms with van der Waals surface area (Å²) in [7, 11) is 0. The molecule has 1 saturated carbocycles. The molecule has 110 valence electrons. The third kappa shape index (κ3) is 2.82.